The second kappa shape index (κ2) is 6.88. The number of hydrogen-bond acceptors (Lipinski definition) is 5. The maximum Gasteiger partial charge on any atom is 0.287 e. The van der Waals surface area contributed by atoms with Crippen molar-refractivity contribution in [2.45, 2.75) is 27.2 Å². The second-order valence-electron chi connectivity index (χ2n) is 4.91. The number of anilines is 1. The van der Waals surface area contributed by atoms with Crippen LogP contribution in [0.4, 0.5) is 5.82 Å². The molecule has 112 valence electrons. The molecule has 2 aromatic heterocycles. The monoisotopic (exact) mass is 288 g/mol. The highest BCUT2D eigenvalue weighted by Gasteiger charge is 2.11. The first-order valence-electron chi connectivity index (χ1n) is 6.94. The fourth-order valence-electron chi connectivity index (χ4n) is 1.89. The number of carbonyl (C=O) groups excluding carboxylic acids is 1. The molecule has 2 rings (SSSR count). The molecule has 0 saturated carbocycles. The topological polar surface area (TPSA) is 80.0 Å². The van der Waals surface area contributed by atoms with E-state index in [1.807, 2.05) is 20.8 Å². The minimum Gasteiger partial charge on any atom is -0.459 e. The summed E-state index contributed by atoms with van der Waals surface area (Å²) in [4.78, 5) is 20.4. The van der Waals surface area contributed by atoms with Crippen LogP contribution in [0.15, 0.2) is 22.9 Å². The zero-order valence-corrected chi connectivity index (χ0v) is 12.6. The number of rotatable bonds is 6. The summed E-state index contributed by atoms with van der Waals surface area (Å²) in [7, 11) is 0. The maximum atomic E-state index is 11.8. The molecule has 0 spiro atoms. The lowest BCUT2D eigenvalue weighted by Gasteiger charge is -2.09. The van der Waals surface area contributed by atoms with Gasteiger partial charge in [-0.25, -0.2) is 4.98 Å². The van der Waals surface area contributed by atoms with Crippen LogP contribution in [0, 0.1) is 20.8 Å². The Hall–Kier alpha value is -2.37. The van der Waals surface area contributed by atoms with E-state index in [0.717, 1.165) is 35.7 Å². The van der Waals surface area contributed by atoms with Gasteiger partial charge in [0.05, 0.1) is 17.7 Å². The fraction of sp³-hybridized carbons (Fsp3) is 0.400. The molecule has 6 nitrogen and oxygen atoms in total. The van der Waals surface area contributed by atoms with Crippen molar-refractivity contribution in [3.05, 3.63) is 41.2 Å². The second-order valence-corrected chi connectivity index (χ2v) is 4.91. The van der Waals surface area contributed by atoms with Gasteiger partial charge in [0.2, 0.25) is 0 Å². The molecule has 2 heterocycles. The standard InChI is InChI=1S/C15H20N4O2/c1-10-5-8-21-13(10)15(20)17-7-4-6-16-14-12(3)18-9-11(2)19-14/h5,8-9H,4,6-7H2,1-3H3,(H,16,19)(H,17,20). The average molecular weight is 288 g/mol. The Morgan fingerprint density at radius 3 is 2.81 bits per heavy atom. The van der Waals surface area contributed by atoms with Crippen molar-refractivity contribution in [1.29, 1.82) is 0 Å². The number of aryl methyl sites for hydroxylation is 3. The fourth-order valence-corrected chi connectivity index (χ4v) is 1.89. The Morgan fingerprint density at radius 2 is 2.10 bits per heavy atom. The van der Waals surface area contributed by atoms with Crippen molar-refractivity contribution in [1.82, 2.24) is 15.3 Å². The normalized spacial score (nSPS) is 10.4. The van der Waals surface area contributed by atoms with E-state index in [-0.39, 0.29) is 5.91 Å². The van der Waals surface area contributed by atoms with E-state index in [1.165, 1.54) is 6.26 Å². The van der Waals surface area contributed by atoms with Gasteiger partial charge < -0.3 is 15.1 Å². The van der Waals surface area contributed by atoms with Gasteiger partial charge in [-0.3, -0.25) is 9.78 Å². The number of carbonyl (C=O) groups is 1. The maximum absolute atomic E-state index is 11.8. The first kappa shape index (κ1) is 15.0. The van der Waals surface area contributed by atoms with Gasteiger partial charge in [0, 0.05) is 24.8 Å². The summed E-state index contributed by atoms with van der Waals surface area (Å²) in [6, 6.07) is 1.77. The smallest absolute Gasteiger partial charge is 0.287 e. The SMILES string of the molecule is Cc1cnc(C)c(NCCCNC(=O)c2occc2C)n1. The van der Waals surface area contributed by atoms with Crippen molar-refractivity contribution >= 4 is 11.7 Å². The van der Waals surface area contributed by atoms with Gasteiger partial charge >= 0.3 is 0 Å². The third-order valence-corrected chi connectivity index (χ3v) is 3.08. The minimum atomic E-state index is -0.177. The van der Waals surface area contributed by atoms with E-state index in [0.29, 0.717) is 12.3 Å². The molecule has 0 aliphatic carbocycles. The molecule has 0 radical (unpaired) electrons. The molecular weight excluding hydrogens is 268 g/mol. The van der Waals surface area contributed by atoms with E-state index >= 15 is 0 Å². The predicted octanol–water partition coefficient (Wildman–Crippen LogP) is 2.23. The summed E-state index contributed by atoms with van der Waals surface area (Å²) in [5.41, 5.74) is 2.59. The van der Waals surface area contributed by atoms with Gasteiger partial charge in [-0.15, -0.1) is 0 Å². The molecular formula is C15H20N4O2. The molecule has 0 aliphatic heterocycles. The number of nitrogens with zero attached hydrogens (tertiary/aromatic N) is 2. The molecule has 0 fully saturated rings. The number of nitrogens with one attached hydrogen (secondary N) is 2. The van der Waals surface area contributed by atoms with E-state index < -0.39 is 0 Å². The van der Waals surface area contributed by atoms with Crippen molar-refractivity contribution < 1.29 is 9.21 Å². The Bertz CT molecular complexity index is 622. The van der Waals surface area contributed by atoms with Crippen LogP contribution in [0.2, 0.25) is 0 Å². The molecule has 0 bridgehead atoms. The van der Waals surface area contributed by atoms with Crippen molar-refractivity contribution in [2.24, 2.45) is 0 Å². The van der Waals surface area contributed by atoms with E-state index in [2.05, 4.69) is 20.6 Å². The van der Waals surface area contributed by atoms with Gasteiger partial charge in [-0.05, 0) is 33.3 Å². The van der Waals surface area contributed by atoms with E-state index in [4.69, 9.17) is 4.42 Å². The lowest BCUT2D eigenvalue weighted by Crippen LogP contribution is -2.26. The highest BCUT2D eigenvalue weighted by atomic mass is 16.3. The average Bonchev–Trinajstić information content (AvgIpc) is 2.88. The van der Waals surface area contributed by atoms with Gasteiger partial charge in [-0.2, -0.15) is 0 Å². The summed E-state index contributed by atoms with van der Waals surface area (Å²) in [6.07, 6.45) is 4.05. The molecule has 0 aromatic carbocycles. The Balaban J connectivity index is 1.72. The Kier molecular flexibility index (Phi) is 4.92. The lowest BCUT2D eigenvalue weighted by molar-refractivity contribution is 0.0925. The van der Waals surface area contributed by atoms with Crippen LogP contribution in [0.3, 0.4) is 0 Å². The summed E-state index contributed by atoms with van der Waals surface area (Å²) < 4.78 is 5.14. The van der Waals surface area contributed by atoms with Crippen molar-refractivity contribution in [3.8, 4) is 0 Å². The summed E-state index contributed by atoms with van der Waals surface area (Å²) in [5, 5.41) is 6.05. The molecule has 0 unspecified atom stereocenters. The third kappa shape index (κ3) is 4.05. The van der Waals surface area contributed by atoms with Gasteiger partial charge in [-0.1, -0.05) is 0 Å². The molecule has 2 N–H and O–H groups in total. The summed E-state index contributed by atoms with van der Waals surface area (Å²) in [5.74, 6) is 0.996. The third-order valence-electron chi connectivity index (χ3n) is 3.08. The quantitative estimate of drug-likeness (QED) is 0.797. The van der Waals surface area contributed by atoms with Crippen molar-refractivity contribution in [3.63, 3.8) is 0 Å². The van der Waals surface area contributed by atoms with Gasteiger partial charge in [0.1, 0.15) is 5.82 Å². The Labute approximate surface area is 124 Å². The zero-order valence-electron chi connectivity index (χ0n) is 12.6. The number of amides is 1. The number of hydrogen-bond donors (Lipinski definition) is 2. The van der Waals surface area contributed by atoms with Crippen LogP contribution in [0.5, 0.6) is 0 Å². The molecule has 2 aromatic rings. The predicted molar refractivity (Wildman–Crippen MR) is 80.4 cm³/mol. The van der Waals surface area contributed by atoms with E-state index in [1.54, 1.807) is 12.3 Å². The molecule has 21 heavy (non-hydrogen) atoms. The largest absolute Gasteiger partial charge is 0.459 e. The minimum absolute atomic E-state index is 0.177. The molecule has 0 saturated heterocycles. The van der Waals surface area contributed by atoms with Crippen LogP contribution in [-0.2, 0) is 0 Å². The van der Waals surface area contributed by atoms with Crippen LogP contribution in [-0.4, -0.2) is 29.0 Å². The highest BCUT2D eigenvalue weighted by Crippen LogP contribution is 2.09. The first-order chi connectivity index (χ1) is 10.1. The first-order valence-corrected chi connectivity index (χ1v) is 6.94. The number of furan rings is 1. The number of aromatic nitrogens is 2. The summed E-state index contributed by atoms with van der Waals surface area (Å²) >= 11 is 0. The van der Waals surface area contributed by atoms with Gasteiger partial charge in [0.15, 0.2) is 5.76 Å². The van der Waals surface area contributed by atoms with Crippen LogP contribution < -0.4 is 10.6 Å². The van der Waals surface area contributed by atoms with Crippen LogP contribution in [0.25, 0.3) is 0 Å². The lowest BCUT2D eigenvalue weighted by atomic mass is 10.2. The molecule has 6 heteroatoms. The van der Waals surface area contributed by atoms with E-state index in [9.17, 15) is 4.79 Å². The van der Waals surface area contributed by atoms with Crippen molar-refractivity contribution in [2.75, 3.05) is 18.4 Å². The molecule has 1 amide bonds. The van der Waals surface area contributed by atoms with Crippen LogP contribution >= 0.6 is 0 Å². The highest BCUT2D eigenvalue weighted by molar-refractivity contribution is 5.92. The molecule has 0 aliphatic rings. The zero-order chi connectivity index (χ0) is 15.2. The Morgan fingerprint density at radius 1 is 1.29 bits per heavy atom. The van der Waals surface area contributed by atoms with Crippen LogP contribution in [0.1, 0.15) is 33.9 Å². The van der Waals surface area contributed by atoms with Gasteiger partial charge in [0.25, 0.3) is 5.91 Å². The molecule has 0 atom stereocenters. The summed E-state index contributed by atoms with van der Waals surface area (Å²) in [6.45, 7) is 6.96.